The van der Waals surface area contributed by atoms with Gasteiger partial charge in [-0.1, -0.05) is 31.1 Å². The van der Waals surface area contributed by atoms with E-state index in [-0.39, 0.29) is 0 Å². The van der Waals surface area contributed by atoms with Crippen molar-refractivity contribution in [1.82, 2.24) is 15.5 Å². The van der Waals surface area contributed by atoms with Crippen LogP contribution < -0.4 is 10.1 Å². The Morgan fingerprint density at radius 1 is 1.33 bits per heavy atom. The molecule has 0 radical (unpaired) electrons. The van der Waals surface area contributed by atoms with Gasteiger partial charge in [0.25, 0.3) is 0 Å². The maximum absolute atomic E-state index is 5.28. The fourth-order valence-electron chi connectivity index (χ4n) is 2.06. The summed E-state index contributed by atoms with van der Waals surface area (Å²) >= 11 is 0. The van der Waals surface area contributed by atoms with Crippen LogP contribution in [0.15, 0.2) is 28.8 Å². The molecule has 1 aromatic carbocycles. The molecule has 1 heterocycles. The number of aryl methyl sites for hydroxylation is 1. The molecule has 1 aromatic heterocycles. The fraction of sp³-hybridized carbons (Fsp3) is 0.500. The molecule has 0 saturated heterocycles. The van der Waals surface area contributed by atoms with E-state index in [1.54, 1.807) is 7.11 Å². The minimum Gasteiger partial charge on any atom is -0.497 e. The zero-order chi connectivity index (χ0) is 15.1. The van der Waals surface area contributed by atoms with Crippen LogP contribution in [0, 0.1) is 0 Å². The van der Waals surface area contributed by atoms with Crippen molar-refractivity contribution in [3.8, 4) is 5.75 Å². The largest absolute Gasteiger partial charge is 0.497 e. The lowest BCUT2D eigenvalue weighted by Crippen LogP contribution is -2.23. The second-order valence-corrected chi connectivity index (χ2v) is 5.35. The van der Waals surface area contributed by atoms with Gasteiger partial charge in [-0.25, -0.2) is 0 Å². The average Bonchev–Trinajstić information content (AvgIpc) is 2.91. The van der Waals surface area contributed by atoms with Crippen LogP contribution in [0.1, 0.15) is 37.5 Å². The summed E-state index contributed by atoms with van der Waals surface area (Å²) in [5, 5.41) is 7.40. The second kappa shape index (κ2) is 7.78. The summed E-state index contributed by atoms with van der Waals surface area (Å²) in [5.41, 5.74) is 1.11. The molecule has 0 aliphatic rings. The van der Waals surface area contributed by atoms with E-state index in [9.17, 15) is 0 Å². The van der Waals surface area contributed by atoms with Crippen LogP contribution in [0.3, 0.4) is 0 Å². The van der Waals surface area contributed by atoms with E-state index < -0.39 is 0 Å². The summed E-state index contributed by atoms with van der Waals surface area (Å²) in [5.74, 6) is 2.27. The average molecular weight is 289 g/mol. The van der Waals surface area contributed by atoms with E-state index in [1.165, 1.54) is 0 Å². The molecular weight excluding hydrogens is 266 g/mol. The SMILES string of the molecule is COc1cccc(Cc2noc(CCCNC(C)C)n2)c1. The van der Waals surface area contributed by atoms with Crippen LogP contribution in [0.4, 0.5) is 0 Å². The number of ether oxygens (including phenoxy) is 1. The van der Waals surface area contributed by atoms with E-state index in [2.05, 4.69) is 29.3 Å². The van der Waals surface area contributed by atoms with Gasteiger partial charge in [0.05, 0.1) is 7.11 Å². The third-order valence-electron chi connectivity index (χ3n) is 3.13. The first-order valence-electron chi connectivity index (χ1n) is 7.35. The first-order chi connectivity index (χ1) is 10.2. The number of methoxy groups -OCH3 is 1. The Bertz CT molecular complexity index is 552. The maximum Gasteiger partial charge on any atom is 0.226 e. The van der Waals surface area contributed by atoms with Gasteiger partial charge in [-0.15, -0.1) is 0 Å². The topological polar surface area (TPSA) is 60.2 Å². The van der Waals surface area contributed by atoms with E-state index in [0.717, 1.165) is 36.5 Å². The number of hydrogen-bond donors (Lipinski definition) is 1. The predicted molar refractivity (Wildman–Crippen MR) is 81.6 cm³/mol. The fourth-order valence-corrected chi connectivity index (χ4v) is 2.06. The van der Waals surface area contributed by atoms with E-state index >= 15 is 0 Å². The van der Waals surface area contributed by atoms with Crippen LogP contribution >= 0.6 is 0 Å². The van der Waals surface area contributed by atoms with Crippen molar-refractivity contribution in [2.75, 3.05) is 13.7 Å². The molecule has 114 valence electrons. The molecule has 0 aliphatic heterocycles. The van der Waals surface area contributed by atoms with Crippen molar-refractivity contribution >= 4 is 0 Å². The molecule has 0 saturated carbocycles. The third-order valence-corrected chi connectivity index (χ3v) is 3.13. The number of hydrogen-bond acceptors (Lipinski definition) is 5. The third kappa shape index (κ3) is 5.19. The highest BCUT2D eigenvalue weighted by Gasteiger charge is 2.07. The number of nitrogens with zero attached hydrogens (tertiary/aromatic N) is 2. The molecule has 0 unspecified atom stereocenters. The second-order valence-electron chi connectivity index (χ2n) is 5.35. The molecule has 21 heavy (non-hydrogen) atoms. The molecule has 2 aromatic rings. The van der Waals surface area contributed by atoms with E-state index in [0.29, 0.717) is 18.4 Å². The zero-order valence-electron chi connectivity index (χ0n) is 12.9. The molecule has 0 aliphatic carbocycles. The zero-order valence-corrected chi connectivity index (χ0v) is 12.9. The minimum absolute atomic E-state index is 0.510. The highest BCUT2D eigenvalue weighted by Crippen LogP contribution is 2.15. The van der Waals surface area contributed by atoms with Crippen LogP contribution in [0.25, 0.3) is 0 Å². The molecule has 0 atom stereocenters. The number of benzene rings is 1. The maximum atomic E-state index is 5.28. The lowest BCUT2D eigenvalue weighted by atomic mass is 10.1. The standard InChI is InChI=1S/C16H23N3O2/c1-12(2)17-9-5-8-16-18-15(19-21-16)11-13-6-4-7-14(10-13)20-3/h4,6-7,10,12,17H,5,8-9,11H2,1-3H3. The highest BCUT2D eigenvalue weighted by atomic mass is 16.5. The minimum atomic E-state index is 0.510. The Kier molecular flexibility index (Phi) is 5.75. The molecule has 1 N–H and O–H groups in total. The van der Waals surface area contributed by atoms with Crippen LogP contribution in [0.2, 0.25) is 0 Å². The number of aromatic nitrogens is 2. The van der Waals surface area contributed by atoms with Gasteiger partial charge < -0.3 is 14.6 Å². The Hall–Kier alpha value is -1.88. The molecule has 0 bridgehead atoms. The van der Waals surface area contributed by atoms with Gasteiger partial charge in [-0.05, 0) is 30.7 Å². The van der Waals surface area contributed by atoms with Crippen molar-refractivity contribution in [2.24, 2.45) is 0 Å². The quantitative estimate of drug-likeness (QED) is 0.757. The lowest BCUT2D eigenvalue weighted by molar-refractivity contribution is 0.369. The van der Waals surface area contributed by atoms with Crippen LogP contribution in [0.5, 0.6) is 5.75 Å². The predicted octanol–water partition coefficient (Wildman–Crippen LogP) is 2.60. The van der Waals surface area contributed by atoms with Gasteiger partial charge in [-0.3, -0.25) is 0 Å². The van der Waals surface area contributed by atoms with E-state index in [4.69, 9.17) is 9.26 Å². The monoisotopic (exact) mass is 289 g/mol. The van der Waals surface area contributed by atoms with Gasteiger partial charge in [-0.2, -0.15) is 4.98 Å². The van der Waals surface area contributed by atoms with Crippen molar-refractivity contribution in [2.45, 2.75) is 39.2 Å². The van der Waals surface area contributed by atoms with Crippen molar-refractivity contribution in [3.63, 3.8) is 0 Å². The summed E-state index contributed by atoms with van der Waals surface area (Å²) < 4.78 is 10.5. The summed E-state index contributed by atoms with van der Waals surface area (Å²) in [7, 11) is 1.66. The Morgan fingerprint density at radius 3 is 2.95 bits per heavy atom. The van der Waals surface area contributed by atoms with Gasteiger partial charge in [0.2, 0.25) is 5.89 Å². The Morgan fingerprint density at radius 2 is 2.19 bits per heavy atom. The van der Waals surface area contributed by atoms with Gasteiger partial charge in [0, 0.05) is 18.9 Å². The molecule has 0 amide bonds. The van der Waals surface area contributed by atoms with E-state index in [1.807, 2.05) is 24.3 Å². The highest BCUT2D eigenvalue weighted by molar-refractivity contribution is 5.30. The first kappa shape index (κ1) is 15.5. The first-order valence-corrected chi connectivity index (χ1v) is 7.35. The molecule has 5 nitrogen and oxygen atoms in total. The molecule has 5 heteroatoms. The Balaban J connectivity index is 1.84. The van der Waals surface area contributed by atoms with Crippen LogP contribution in [-0.2, 0) is 12.8 Å². The summed E-state index contributed by atoms with van der Waals surface area (Å²) in [6.45, 7) is 5.24. The van der Waals surface area contributed by atoms with Crippen molar-refractivity contribution in [1.29, 1.82) is 0 Å². The van der Waals surface area contributed by atoms with Gasteiger partial charge in [0.1, 0.15) is 5.75 Å². The van der Waals surface area contributed by atoms with Crippen molar-refractivity contribution < 1.29 is 9.26 Å². The summed E-state index contributed by atoms with van der Waals surface area (Å²) in [6, 6.07) is 8.42. The molecule has 2 rings (SSSR count). The normalized spacial score (nSPS) is 11.0. The summed E-state index contributed by atoms with van der Waals surface area (Å²) in [6.07, 6.45) is 2.47. The van der Waals surface area contributed by atoms with Crippen LogP contribution in [-0.4, -0.2) is 29.8 Å². The molecule has 0 fully saturated rings. The Labute approximate surface area is 125 Å². The molecule has 0 spiro atoms. The van der Waals surface area contributed by atoms with Gasteiger partial charge in [0.15, 0.2) is 5.82 Å². The van der Waals surface area contributed by atoms with Crippen molar-refractivity contribution in [3.05, 3.63) is 41.5 Å². The summed E-state index contributed by atoms with van der Waals surface area (Å²) in [4.78, 5) is 4.43. The molecular formula is C16H23N3O2. The number of nitrogens with one attached hydrogen (secondary N) is 1. The smallest absolute Gasteiger partial charge is 0.226 e. The lowest BCUT2D eigenvalue weighted by Gasteiger charge is -2.05. The van der Waals surface area contributed by atoms with Gasteiger partial charge >= 0.3 is 0 Å². The number of rotatable bonds is 8.